The molecule has 0 aliphatic carbocycles. The molecular formula is C15H20ClN3O. The quantitative estimate of drug-likeness (QED) is 0.890. The van der Waals surface area contributed by atoms with Gasteiger partial charge in [-0.05, 0) is 30.5 Å². The first-order chi connectivity index (χ1) is 9.65. The first-order valence-corrected chi connectivity index (χ1v) is 7.13. The third-order valence-corrected chi connectivity index (χ3v) is 3.50. The van der Waals surface area contributed by atoms with E-state index < -0.39 is 0 Å². The van der Waals surface area contributed by atoms with Crippen molar-refractivity contribution in [2.45, 2.75) is 32.4 Å². The van der Waals surface area contributed by atoms with E-state index >= 15 is 0 Å². The zero-order valence-corrected chi connectivity index (χ0v) is 12.6. The van der Waals surface area contributed by atoms with Crippen molar-refractivity contribution >= 4 is 11.6 Å². The number of methoxy groups -OCH3 is 1. The number of aryl methyl sites for hydroxylation is 1. The van der Waals surface area contributed by atoms with Crippen LogP contribution in [-0.4, -0.2) is 16.9 Å². The van der Waals surface area contributed by atoms with Crippen LogP contribution in [0.3, 0.4) is 0 Å². The molecule has 0 saturated heterocycles. The lowest BCUT2D eigenvalue weighted by Crippen LogP contribution is -2.19. The highest BCUT2D eigenvalue weighted by atomic mass is 35.5. The van der Waals surface area contributed by atoms with Crippen LogP contribution in [-0.2, 0) is 13.0 Å². The van der Waals surface area contributed by atoms with Crippen LogP contribution in [0.1, 0.15) is 30.6 Å². The van der Waals surface area contributed by atoms with Crippen LogP contribution < -0.4 is 10.5 Å². The van der Waals surface area contributed by atoms with Crippen molar-refractivity contribution in [3.63, 3.8) is 0 Å². The van der Waals surface area contributed by atoms with E-state index in [1.54, 1.807) is 13.3 Å². The number of nitrogens with zero attached hydrogens (tertiary/aromatic N) is 2. The van der Waals surface area contributed by atoms with Gasteiger partial charge in [-0.3, -0.25) is 4.68 Å². The minimum absolute atomic E-state index is 0.177. The molecule has 1 heterocycles. The van der Waals surface area contributed by atoms with Crippen LogP contribution in [0.4, 0.5) is 0 Å². The van der Waals surface area contributed by atoms with Gasteiger partial charge < -0.3 is 10.5 Å². The summed E-state index contributed by atoms with van der Waals surface area (Å²) in [6.45, 7) is 2.93. The lowest BCUT2D eigenvalue weighted by Gasteiger charge is -2.15. The van der Waals surface area contributed by atoms with Crippen molar-refractivity contribution in [1.82, 2.24) is 9.78 Å². The van der Waals surface area contributed by atoms with Gasteiger partial charge in [0.05, 0.1) is 30.1 Å². The van der Waals surface area contributed by atoms with Gasteiger partial charge in [0.15, 0.2) is 0 Å². The predicted octanol–water partition coefficient (Wildman–Crippen LogP) is 3.20. The summed E-state index contributed by atoms with van der Waals surface area (Å²) < 4.78 is 7.12. The van der Waals surface area contributed by atoms with Gasteiger partial charge in [-0.1, -0.05) is 30.7 Å². The summed E-state index contributed by atoms with van der Waals surface area (Å²) in [5.41, 5.74) is 8.33. The molecule has 0 spiro atoms. The lowest BCUT2D eigenvalue weighted by molar-refractivity contribution is 0.414. The Morgan fingerprint density at radius 3 is 2.95 bits per heavy atom. The van der Waals surface area contributed by atoms with E-state index in [9.17, 15) is 0 Å². The molecule has 0 saturated carbocycles. The third kappa shape index (κ3) is 3.32. The van der Waals surface area contributed by atoms with Crippen molar-refractivity contribution in [3.8, 4) is 5.75 Å². The monoisotopic (exact) mass is 293 g/mol. The highest BCUT2D eigenvalue weighted by Gasteiger charge is 2.17. The topological polar surface area (TPSA) is 53.1 Å². The minimum Gasteiger partial charge on any atom is -0.497 e. The average molecular weight is 294 g/mol. The zero-order valence-electron chi connectivity index (χ0n) is 11.8. The summed E-state index contributed by atoms with van der Waals surface area (Å²) in [6, 6.07) is 7.74. The van der Waals surface area contributed by atoms with Gasteiger partial charge in [-0.15, -0.1) is 0 Å². The number of hydrogen-bond donors (Lipinski definition) is 1. The van der Waals surface area contributed by atoms with E-state index in [-0.39, 0.29) is 6.04 Å². The van der Waals surface area contributed by atoms with Crippen molar-refractivity contribution in [3.05, 3.63) is 46.7 Å². The minimum atomic E-state index is -0.177. The molecule has 0 radical (unpaired) electrons. The van der Waals surface area contributed by atoms with E-state index in [1.807, 2.05) is 28.9 Å². The second-order valence-corrected chi connectivity index (χ2v) is 5.17. The Bertz CT molecular complexity index is 568. The fraction of sp³-hybridized carbons (Fsp3) is 0.400. The third-order valence-electron chi connectivity index (χ3n) is 3.21. The van der Waals surface area contributed by atoms with E-state index in [4.69, 9.17) is 22.1 Å². The number of nitrogens with two attached hydrogens (primary N) is 1. The molecule has 2 rings (SSSR count). The standard InChI is InChI=1S/C15H20ClN3O/c1-3-7-19-15(13(16)10-18-19)14(17)9-11-5-4-6-12(8-11)20-2/h4-6,8,10,14H,3,7,9,17H2,1-2H3. The Hall–Kier alpha value is -1.52. The Kier molecular flexibility index (Phi) is 5.04. The largest absolute Gasteiger partial charge is 0.497 e. The van der Waals surface area contributed by atoms with Crippen LogP contribution in [0.25, 0.3) is 0 Å². The average Bonchev–Trinajstić information content (AvgIpc) is 2.80. The fourth-order valence-corrected chi connectivity index (χ4v) is 2.56. The highest BCUT2D eigenvalue weighted by Crippen LogP contribution is 2.25. The molecule has 5 heteroatoms. The van der Waals surface area contributed by atoms with Crippen molar-refractivity contribution in [2.24, 2.45) is 5.73 Å². The van der Waals surface area contributed by atoms with Crippen molar-refractivity contribution in [2.75, 3.05) is 7.11 Å². The second-order valence-electron chi connectivity index (χ2n) is 4.76. The molecule has 0 bridgehead atoms. The summed E-state index contributed by atoms with van der Waals surface area (Å²) >= 11 is 6.21. The molecule has 1 unspecified atom stereocenters. The van der Waals surface area contributed by atoms with Crippen LogP contribution >= 0.6 is 11.6 Å². The van der Waals surface area contributed by atoms with Crippen LogP contribution in [0.15, 0.2) is 30.5 Å². The van der Waals surface area contributed by atoms with Crippen LogP contribution in [0.5, 0.6) is 5.75 Å². The van der Waals surface area contributed by atoms with Gasteiger partial charge in [0.2, 0.25) is 0 Å². The van der Waals surface area contributed by atoms with Gasteiger partial charge in [0, 0.05) is 6.54 Å². The Labute approximate surface area is 124 Å². The number of benzene rings is 1. The molecule has 0 amide bonds. The van der Waals surface area contributed by atoms with E-state index in [2.05, 4.69) is 12.0 Å². The first kappa shape index (κ1) is 14.9. The van der Waals surface area contributed by atoms with Gasteiger partial charge in [-0.25, -0.2) is 0 Å². The smallest absolute Gasteiger partial charge is 0.119 e. The maximum Gasteiger partial charge on any atom is 0.119 e. The first-order valence-electron chi connectivity index (χ1n) is 6.75. The molecule has 0 aliphatic heterocycles. The molecule has 2 N–H and O–H groups in total. The Morgan fingerprint density at radius 1 is 1.45 bits per heavy atom. The summed E-state index contributed by atoms with van der Waals surface area (Å²) in [5, 5.41) is 4.92. The molecule has 20 heavy (non-hydrogen) atoms. The molecule has 1 aromatic carbocycles. The fourth-order valence-electron chi connectivity index (χ4n) is 2.28. The number of hydrogen-bond acceptors (Lipinski definition) is 3. The summed E-state index contributed by atoms with van der Waals surface area (Å²) in [4.78, 5) is 0. The summed E-state index contributed by atoms with van der Waals surface area (Å²) in [5.74, 6) is 0.836. The Balaban J connectivity index is 2.18. The lowest BCUT2D eigenvalue weighted by atomic mass is 10.0. The van der Waals surface area contributed by atoms with Crippen LogP contribution in [0.2, 0.25) is 5.02 Å². The molecule has 1 aromatic heterocycles. The number of halogens is 1. The van der Waals surface area contributed by atoms with Gasteiger partial charge >= 0.3 is 0 Å². The number of rotatable bonds is 6. The molecule has 1 atom stereocenters. The molecule has 2 aromatic rings. The van der Waals surface area contributed by atoms with Gasteiger partial charge in [0.25, 0.3) is 0 Å². The molecular weight excluding hydrogens is 274 g/mol. The van der Waals surface area contributed by atoms with E-state index in [0.29, 0.717) is 11.4 Å². The maximum absolute atomic E-state index is 6.31. The van der Waals surface area contributed by atoms with E-state index in [1.165, 1.54) is 0 Å². The maximum atomic E-state index is 6.31. The Morgan fingerprint density at radius 2 is 2.25 bits per heavy atom. The summed E-state index contributed by atoms with van der Waals surface area (Å²) in [7, 11) is 1.66. The predicted molar refractivity (Wildman–Crippen MR) is 81.2 cm³/mol. The molecule has 108 valence electrons. The van der Waals surface area contributed by atoms with Gasteiger partial charge in [-0.2, -0.15) is 5.10 Å². The van der Waals surface area contributed by atoms with Crippen molar-refractivity contribution < 1.29 is 4.74 Å². The highest BCUT2D eigenvalue weighted by molar-refractivity contribution is 6.31. The SMILES string of the molecule is CCCn1ncc(Cl)c1C(N)Cc1cccc(OC)c1. The normalized spacial score (nSPS) is 12.4. The van der Waals surface area contributed by atoms with Crippen LogP contribution in [0, 0.1) is 0 Å². The second kappa shape index (κ2) is 6.77. The molecule has 4 nitrogen and oxygen atoms in total. The molecule has 0 aliphatic rings. The number of aromatic nitrogens is 2. The summed E-state index contributed by atoms with van der Waals surface area (Å²) in [6.07, 6.45) is 3.36. The van der Waals surface area contributed by atoms with E-state index in [0.717, 1.165) is 30.0 Å². The molecule has 0 fully saturated rings. The van der Waals surface area contributed by atoms with Crippen molar-refractivity contribution in [1.29, 1.82) is 0 Å². The number of ether oxygens (including phenoxy) is 1. The zero-order chi connectivity index (χ0) is 14.5. The van der Waals surface area contributed by atoms with Gasteiger partial charge in [0.1, 0.15) is 5.75 Å².